The number of likely N-dealkylation sites (N-methyl/N-ethyl adjacent to an activating group) is 1. The molecule has 0 amide bonds. The van der Waals surface area contributed by atoms with E-state index in [9.17, 15) is 4.48 Å². The molecule has 0 unspecified atom stereocenters. The van der Waals surface area contributed by atoms with Gasteiger partial charge in [0.25, 0.3) is 0 Å². The fourth-order valence-corrected chi connectivity index (χ4v) is 1.39. The normalized spacial score (nSPS) is 17.8. The van der Waals surface area contributed by atoms with Crippen LogP contribution in [-0.4, -0.2) is 11.7 Å². The van der Waals surface area contributed by atoms with Gasteiger partial charge in [-0.05, 0) is 45.3 Å². The number of nitrogens with zero attached hydrogens (tertiary/aromatic N) is 1. The third kappa shape index (κ3) is 1.87. The maximum Gasteiger partial charge on any atom is 0.0676 e. The number of halogens is 1. The topological polar surface area (TPSA) is 3.24 Å². The Kier molecular flexibility index (Phi) is 2.90. The van der Waals surface area contributed by atoms with Crippen LogP contribution in [0.4, 0.5) is 4.48 Å². The van der Waals surface area contributed by atoms with Crippen LogP contribution in [0, 0.1) is 0 Å². The number of allylic oxidation sites excluding steroid dienone is 3. The summed E-state index contributed by atoms with van der Waals surface area (Å²) < 4.78 is 13.2. The molecular weight excluding hydrogens is 153 g/mol. The number of rotatable bonds is 2. The van der Waals surface area contributed by atoms with Crippen molar-refractivity contribution in [2.24, 2.45) is 0 Å². The van der Waals surface area contributed by atoms with Gasteiger partial charge in [-0.3, -0.25) is 0 Å². The summed E-state index contributed by atoms with van der Waals surface area (Å²) in [5, 5.41) is 0.817. The van der Waals surface area contributed by atoms with Gasteiger partial charge in [0.15, 0.2) is 0 Å². The molecule has 0 radical (unpaired) electrons. The predicted octanol–water partition coefficient (Wildman–Crippen LogP) is 3.21. The summed E-state index contributed by atoms with van der Waals surface area (Å²) in [6, 6.07) is 0. The lowest BCUT2D eigenvalue weighted by Gasteiger charge is -2.20. The lowest BCUT2D eigenvalue weighted by Crippen LogP contribution is -2.14. The van der Waals surface area contributed by atoms with E-state index < -0.39 is 0 Å². The van der Waals surface area contributed by atoms with Gasteiger partial charge in [0, 0.05) is 6.54 Å². The Bertz CT molecular complexity index is 228. The molecule has 68 valence electrons. The largest absolute Gasteiger partial charge is 0.212 e. The molecule has 0 saturated heterocycles. The molecular formula is C10H16FN. The minimum atomic E-state index is 0.427. The third-order valence-electron chi connectivity index (χ3n) is 2.25. The van der Waals surface area contributed by atoms with E-state index in [1.165, 1.54) is 5.57 Å². The molecule has 12 heavy (non-hydrogen) atoms. The first-order chi connectivity index (χ1) is 5.65. The molecule has 1 rings (SSSR count). The van der Waals surface area contributed by atoms with Gasteiger partial charge < -0.3 is 0 Å². The van der Waals surface area contributed by atoms with Crippen molar-refractivity contribution < 1.29 is 4.48 Å². The zero-order valence-corrected chi connectivity index (χ0v) is 8.02. The Hall–Kier alpha value is -0.790. The fourth-order valence-electron chi connectivity index (χ4n) is 1.39. The van der Waals surface area contributed by atoms with Gasteiger partial charge in [-0.2, -0.15) is 0 Å². The van der Waals surface area contributed by atoms with E-state index in [4.69, 9.17) is 0 Å². The van der Waals surface area contributed by atoms with Crippen LogP contribution in [0.1, 0.15) is 33.6 Å². The summed E-state index contributed by atoms with van der Waals surface area (Å²) in [6.45, 7) is 6.30. The monoisotopic (exact) mass is 169 g/mol. The lowest BCUT2D eigenvalue weighted by atomic mass is 9.98. The smallest absolute Gasteiger partial charge is 0.0676 e. The summed E-state index contributed by atoms with van der Waals surface area (Å²) in [6.07, 6.45) is 4.02. The van der Waals surface area contributed by atoms with Crippen LogP contribution in [0.25, 0.3) is 0 Å². The van der Waals surface area contributed by atoms with Crippen molar-refractivity contribution in [1.82, 2.24) is 5.12 Å². The molecule has 0 aromatic heterocycles. The number of hydrogen-bond acceptors (Lipinski definition) is 1. The molecule has 0 aromatic rings. The standard InChI is InChI=1S/C10H16FN/c1-4-12(11)10-7-8(2)5-6-9(10)3/h7H,4-6H2,1-3H3. The molecule has 1 nitrogen and oxygen atoms in total. The van der Waals surface area contributed by atoms with Crippen LogP contribution in [0.5, 0.6) is 0 Å². The molecule has 0 spiro atoms. The Morgan fingerprint density at radius 3 is 2.67 bits per heavy atom. The second-order valence-corrected chi connectivity index (χ2v) is 3.33. The molecule has 0 atom stereocenters. The highest BCUT2D eigenvalue weighted by molar-refractivity contribution is 5.30. The summed E-state index contributed by atoms with van der Waals surface area (Å²) >= 11 is 0. The van der Waals surface area contributed by atoms with E-state index in [0.717, 1.165) is 29.2 Å². The van der Waals surface area contributed by atoms with Crippen molar-refractivity contribution in [1.29, 1.82) is 0 Å². The highest BCUT2D eigenvalue weighted by atomic mass is 19.2. The lowest BCUT2D eigenvalue weighted by molar-refractivity contribution is 0.0810. The first-order valence-corrected chi connectivity index (χ1v) is 4.45. The van der Waals surface area contributed by atoms with E-state index in [2.05, 4.69) is 6.92 Å². The molecule has 2 heteroatoms. The van der Waals surface area contributed by atoms with E-state index in [-0.39, 0.29) is 0 Å². The van der Waals surface area contributed by atoms with E-state index >= 15 is 0 Å². The summed E-state index contributed by atoms with van der Waals surface area (Å²) in [5.74, 6) is 0. The first kappa shape index (κ1) is 9.30. The second-order valence-electron chi connectivity index (χ2n) is 3.33. The van der Waals surface area contributed by atoms with Crippen molar-refractivity contribution in [2.45, 2.75) is 33.6 Å². The predicted molar refractivity (Wildman–Crippen MR) is 49.2 cm³/mol. The van der Waals surface area contributed by atoms with Gasteiger partial charge in [-0.1, -0.05) is 10.1 Å². The van der Waals surface area contributed by atoms with Crippen LogP contribution < -0.4 is 0 Å². The Balaban J connectivity index is 2.85. The molecule has 1 aliphatic rings. The molecule has 0 saturated carbocycles. The molecule has 0 fully saturated rings. The molecule has 0 bridgehead atoms. The van der Waals surface area contributed by atoms with Crippen molar-refractivity contribution in [3.05, 3.63) is 22.9 Å². The van der Waals surface area contributed by atoms with Crippen LogP contribution in [0.2, 0.25) is 0 Å². The SMILES string of the molecule is CCN(F)C1=C(C)CCC(C)=C1. The minimum Gasteiger partial charge on any atom is -0.212 e. The van der Waals surface area contributed by atoms with Gasteiger partial charge in [-0.15, -0.1) is 0 Å². The summed E-state index contributed by atoms with van der Waals surface area (Å²) in [7, 11) is 0. The maximum absolute atomic E-state index is 13.2. The van der Waals surface area contributed by atoms with E-state index in [1.807, 2.05) is 19.9 Å². The van der Waals surface area contributed by atoms with Crippen LogP contribution in [0.3, 0.4) is 0 Å². The van der Waals surface area contributed by atoms with Crippen molar-refractivity contribution >= 4 is 0 Å². The second kappa shape index (κ2) is 3.74. The molecule has 0 aliphatic heterocycles. The van der Waals surface area contributed by atoms with Crippen LogP contribution in [0.15, 0.2) is 22.9 Å². The number of hydrogen-bond donors (Lipinski definition) is 0. The van der Waals surface area contributed by atoms with Crippen molar-refractivity contribution in [2.75, 3.05) is 6.54 Å². The average molecular weight is 169 g/mol. The van der Waals surface area contributed by atoms with Crippen LogP contribution in [-0.2, 0) is 0 Å². The average Bonchev–Trinajstić information content (AvgIpc) is 2.08. The Morgan fingerprint density at radius 1 is 1.42 bits per heavy atom. The molecule has 1 aliphatic carbocycles. The van der Waals surface area contributed by atoms with Gasteiger partial charge in [0.05, 0.1) is 5.70 Å². The highest BCUT2D eigenvalue weighted by Gasteiger charge is 2.12. The fraction of sp³-hybridized carbons (Fsp3) is 0.600. The van der Waals surface area contributed by atoms with Crippen molar-refractivity contribution in [3.8, 4) is 0 Å². The Labute approximate surface area is 73.5 Å². The third-order valence-corrected chi connectivity index (χ3v) is 2.25. The molecule has 0 heterocycles. The van der Waals surface area contributed by atoms with Gasteiger partial charge >= 0.3 is 0 Å². The van der Waals surface area contributed by atoms with Gasteiger partial charge in [-0.25, -0.2) is 5.12 Å². The summed E-state index contributed by atoms with van der Waals surface area (Å²) in [5.41, 5.74) is 3.19. The first-order valence-electron chi connectivity index (χ1n) is 4.45. The zero-order valence-electron chi connectivity index (χ0n) is 8.02. The highest BCUT2D eigenvalue weighted by Crippen LogP contribution is 2.25. The van der Waals surface area contributed by atoms with E-state index in [0.29, 0.717) is 6.54 Å². The minimum absolute atomic E-state index is 0.427. The Morgan fingerprint density at radius 2 is 2.08 bits per heavy atom. The van der Waals surface area contributed by atoms with Gasteiger partial charge in [0.1, 0.15) is 0 Å². The van der Waals surface area contributed by atoms with Crippen molar-refractivity contribution in [3.63, 3.8) is 0 Å². The maximum atomic E-state index is 13.2. The van der Waals surface area contributed by atoms with Gasteiger partial charge in [0.2, 0.25) is 0 Å². The summed E-state index contributed by atoms with van der Waals surface area (Å²) in [4.78, 5) is 0. The zero-order chi connectivity index (χ0) is 9.14. The molecule has 0 aromatic carbocycles. The quantitative estimate of drug-likeness (QED) is 0.574. The van der Waals surface area contributed by atoms with Crippen LogP contribution >= 0.6 is 0 Å². The van der Waals surface area contributed by atoms with E-state index in [1.54, 1.807) is 0 Å². The molecule has 0 N–H and O–H groups in total.